The average Bonchev–Trinajstić information content (AvgIpc) is 2.17. The Morgan fingerprint density at radius 3 is 2.88 bits per heavy atom. The van der Waals surface area contributed by atoms with E-state index >= 15 is 0 Å². The number of carbonyl (C=O) groups excluding carboxylic acids is 1. The third kappa shape index (κ3) is 4.94. The van der Waals surface area contributed by atoms with Crippen molar-refractivity contribution in [3.05, 3.63) is 0 Å². The van der Waals surface area contributed by atoms with Crippen LogP contribution < -0.4 is 5.32 Å². The van der Waals surface area contributed by atoms with Crippen LogP contribution in [0.3, 0.4) is 0 Å². The highest BCUT2D eigenvalue weighted by molar-refractivity contribution is 5.77. The van der Waals surface area contributed by atoms with Gasteiger partial charge in [-0.2, -0.15) is 0 Å². The SMILES string of the molecule is COCC(C)(C)NC(=O)C[C@@H]1CCCOC1. The maximum Gasteiger partial charge on any atom is 0.220 e. The van der Waals surface area contributed by atoms with Crippen LogP contribution in [0.1, 0.15) is 33.1 Å². The second-order valence-electron chi connectivity index (χ2n) is 5.15. The zero-order valence-electron chi connectivity index (χ0n) is 10.5. The van der Waals surface area contributed by atoms with Gasteiger partial charge in [-0.25, -0.2) is 0 Å². The van der Waals surface area contributed by atoms with Crippen LogP contribution in [0.4, 0.5) is 0 Å². The monoisotopic (exact) mass is 229 g/mol. The molecule has 0 aromatic heterocycles. The summed E-state index contributed by atoms with van der Waals surface area (Å²) in [6.45, 7) is 6.02. The minimum atomic E-state index is -0.290. The smallest absolute Gasteiger partial charge is 0.220 e. The van der Waals surface area contributed by atoms with Gasteiger partial charge in [0.1, 0.15) is 0 Å². The standard InChI is InChI=1S/C12H23NO3/c1-12(2,9-15-3)13-11(14)7-10-5-4-6-16-8-10/h10H,4-9H2,1-3H3,(H,13,14)/t10-/m0/s1. The first-order valence-electron chi connectivity index (χ1n) is 5.91. The third-order valence-electron chi connectivity index (χ3n) is 2.71. The number of methoxy groups -OCH3 is 1. The minimum absolute atomic E-state index is 0.0950. The van der Waals surface area contributed by atoms with Gasteiger partial charge in [-0.15, -0.1) is 0 Å². The molecule has 0 bridgehead atoms. The zero-order valence-corrected chi connectivity index (χ0v) is 10.5. The molecule has 1 aliphatic rings. The fraction of sp³-hybridized carbons (Fsp3) is 0.917. The molecule has 1 N–H and O–H groups in total. The Kier molecular flexibility index (Phi) is 5.22. The molecule has 1 saturated heterocycles. The second-order valence-corrected chi connectivity index (χ2v) is 5.15. The van der Waals surface area contributed by atoms with Crippen LogP contribution in [0.2, 0.25) is 0 Å². The van der Waals surface area contributed by atoms with Crippen LogP contribution in [0.15, 0.2) is 0 Å². The molecular formula is C12H23NO3. The third-order valence-corrected chi connectivity index (χ3v) is 2.71. The van der Waals surface area contributed by atoms with Crippen LogP contribution in [0.5, 0.6) is 0 Å². The summed E-state index contributed by atoms with van der Waals surface area (Å²) in [4.78, 5) is 11.8. The van der Waals surface area contributed by atoms with Gasteiger partial charge < -0.3 is 14.8 Å². The molecule has 1 heterocycles. The molecule has 1 atom stereocenters. The van der Waals surface area contributed by atoms with Crippen LogP contribution in [-0.4, -0.2) is 38.4 Å². The van der Waals surface area contributed by atoms with Gasteiger partial charge in [-0.3, -0.25) is 4.79 Å². The van der Waals surface area contributed by atoms with E-state index in [9.17, 15) is 4.79 Å². The van der Waals surface area contributed by atoms with Crippen molar-refractivity contribution < 1.29 is 14.3 Å². The molecule has 1 amide bonds. The van der Waals surface area contributed by atoms with E-state index in [1.165, 1.54) is 0 Å². The van der Waals surface area contributed by atoms with Gasteiger partial charge in [-0.05, 0) is 32.6 Å². The molecule has 0 aromatic carbocycles. The van der Waals surface area contributed by atoms with Crippen molar-refractivity contribution in [2.45, 2.75) is 38.6 Å². The van der Waals surface area contributed by atoms with Crippen molar-refractivity contribution in [2.24, 2.45) is 5.92 Å². The summed E-state index contributed by atoms with van der Waals surface area (Å²) < 4.78 is 10.4. The van der Waals surface area contributed by atoms with Gasteiger partial charge >= 0.3 is 0 Å². The highest BCUT2D eigenvalue weighted by atomic mass is 16.5. The van der Waals surface area contributed by atoms with E-state index in [-0.39, 0.29) is 11.4 Å². The first-order valence-corrected chi connectivity index (χ1v) is 5.91. The Hall–Kier alpha value is -0.610. The molecule has 0 radical (unpaired) electrons. The minimum Gasteiger partial charge on any atom is -0.382 e. The van der Waals surface area contributed by atoms with E-state index < -0.39 is 0 Å². The number of nitrogens with one attached hydrogen (secondary N) is 1. The van der Waals surface area contributed by atoms with E-state index in [2.05, 4.69) is 5.32 Å². The van der Waals surface area contributed by atoms with Crippen LogP contribution in [-0.2, 0) is 14.3 Å². The van der Waals surface area contributed by atoms with Crippen LogP contribution in [0.25, 0.3) is 0 Å². The number of hydrogen-bond donors (Lipinski definition) is 1. The van der Waals surface area contributed by atoms with Gasteiger partial charge in [0.2, 0.25) is 5.91 Å². The normalized spacial score (nSPS) is 21.8. The molecule has 94 valence electrons. The van der Waals surface area contributed by atoms with Crippen LogP contribution >= 0.6 is 0 Å². The average molecular weight is 229 g/mol. The molecular weight excluding hydrogens is 206 g/mol. The van der Waals surface area contributed by atoms with E-state index in [1.807, 2.05) is 13.8 Å². The summed E-state index contributed by atoms with van der Waals surface area (Å²) in [6, 6.07) is 0. The zero-order chi connectivity index (χ0) is 12.0. The Bertz CT molecular complexity index is 222. The predicted octanol–water partition coefficient (Wildman–Crippen LogP) is 1.34. The lowest BCUT2D eigenvalue weighted by Gasteiger charge is -2.27. The Labute approximate surface area is 97.7 Å². The molecule has 0 unspecified atom stereocenters. The topological polar surface area (TPSA) is 47.6 Å². The molecule has 16 heavy (non-hydrogen) atoms. The molecule has 0 aliphatic carbocycles. The van der Waals surface area contributed by atoms with Crippen molar-refractivity contribution in [1.82, 2.24) is 5.32 Å². The summed E-state index contributed by atoms with van der Waals surface area (Å²) in [6.07, 6.45) is 2.73. The molecule has 1 rings (SSSR count). The Morgan fingerprint density at radius 1 is 1.56 bits per heavy atom. The second kappa shape index (κ2) is 6.21. The van der Waals surface area contributed by atoms with E-state index in [4.69, 9.17) is 9.47 Å². The highest BCUT2D eigenvalue weighted by Gasteiger charge is 2.23. The van der Waals surface area contributed by atoms with Crippen molar-refractivity contribution in [2.75, 3.05) is 26.9 Å². The maximum absolute atomic E-state index is 11.8. The van der Waals surface area contributed by atoms with Gasteiger partial charge in [0.05, 0.1) is 12.1 Å². The first-order chi connectivity index (χ1) is 7.53. The lowest BCUT2D eigenvalue weighted by molar-refractivity contribution is -0.125. The van der Waals surface area contributed by atoms with E-state index in [0.717, 1.165) is 26.1 Å². The van der Waals surface area contributed by atoms with Crippen molar-refractivity contribution in [3.63, 3.8) is 0 Å². The molecule has 0 saturated carbocycles. The van der Waals surface area contributed by atoms with E-state index in [1.54, 1.807) is 7.11 Å². The summed E-state index contributed by atoms with van der Waals surface area (Å²) >= 11 is 0. The highest BCUT2D eigenvalue weighted by Crippen LogP contribution is 2.17. The predicted molar refractivity (Wildman–Crippen MR) is 62.3 cm³/mol. The number of ether oxygens (including phenoxy) is 2. The van der Waals surface area contributed by atoms with Crippen LogP contribution in [0, 0.1) is 5.92 Å². The van der Waals surface area contributed by atoms with Crippen molar-refractivity contribution >= 4 is 5.91 Å². The fourth-order valence-electron chi connectivity index (χ4n) is 2.06. The van der Waals surface area contributed by atoms with Gasteiger partial charge in [0.25, 0.3) is 0 Å². The summed E-state index contributed by atoms with van der Waals surface area (Å²) in [7, 11) is 1.64. The van der Waals surface area contributed by atoms with Crippen molar-refractivity contribution in [1.29, 1.82) is 0 Å². The lowest BCUT2D eigenvalue weighted by Crippen LogP contribution is -2.47. The summed E-state index contributed by atoms with van der Waals surface area (Å²) in [5.41, 5.74) is -0.290. The molecule has 1 fully saturated rings. The summed E-state index contributed by atoms with van der Waals surface area (Å²) in [5, 5.41) is 2.98. The van der Waals surface area contributed by atoms with Gasteiger partial charge in [0, 0.05) is 26.7 Å². The van der Waals surface area contributed by atoms with E-state index in [0.29, 0.717) is 18.9 Å². The maximum atomic E-state index is 11.8. The quantitative estimate of drug-likeness (QED) is 0.774. The fourth-order valence-corrected chi connectivity index (χ4v) is 2.06. The first kappa shape index (κ1) is 13.5. The number of rotatable bonds is 5. The molecule has 4 heteroatoms. The number of carbonyl (C=O) groups is 1. The summed E-state index contributed by atoms with van der Waals surface area (Å²) in [5.74, 6) is 0.477. The molecule has 0 spiro atoms. The number of amides is 1. The Balaban J connectivity index is 2.28. The van der Waals surface area contributed by atoms with Crippen molar-refractivity contribution in [3.8, 4) is 0 Å². The molecule has 0 aromatic rings. The molecule has 1 aliphatic heterocycles. The van der Waals surface area contributed by atoms with Gasteiger partial charge in [0.15, 0.2) is 0 Å². The Morgan fingerprint density at radius 2 is 2.31 bits per heavy atom. The molecule has 4 nitrogen and oxygen atoms in total. The number of hydrogen-bond acceptors (Lipinski definition) is 3. The lowest BCUT2D eigenvalue weighted by atomic mass is 9.97. The largest absolute Gasteiger partial charge is 0.382 e. The van der Waals surface area contributed by atoms with Gasteiger partial charge in [-0.1, -0.05) is 0 Å².